The molecule has 3 aliphatic carbocycles. The molecule has 2 aromatic rings. The SMILES string of the molecule is C=CCOC12Oc3ccc(OCCSc4ccccc4)cc3C3C(CCCCO)C(CCCCO)C=C(C(=NOC)CC1SC1CCCC1)C32. The van der Waals surface area contributed by atoms with Crippen LogP contribution in [-0.2, 0) is 9.57 Å². The summed E-state index contributed by atoms with van der Waals surface area (Å²) in [5.74, 6) is 2.19. The molecule has 2 fully saturated rings. The van der Waals surface area contributed by atoms with Crippen molar-refractivity contribution < 1.29 is 29.3 Å². The van der Waals surface area contributed by atoms with E-state index in [4.69, 9.17) is 24.2 Å². The maximum atomic E-state index is 9.83. The number of hydrogen-bond donors (Lipinski definition) is 2. The zero-order valence-electron chi connectivity index (χ0n) is 29.5. The summed E-state index contributed by atoms with van der Waals surface area (Å²) in [4.78, 5) is 6.79. The Kier molecular flexibility index (Phi) is 13.7. The van der Waals surface area contributed by atoms with Crippen LogP contribution in [0, 0.1) is 17.8 Å². The molecule has 1 heterocycles. The number of allylic oxidation sites excluding steroid dienone is 1. The number of ether oxygens (including phenoxy) is 3. The lowest BCUT2D eigenvalue weighted by Crippen LogP contribution is -2.64. The van der Waals surface area contributed by atoms with Gasteiger partial charge in [0.05, 0.1) is 30.1 Å². The predicted octanol–water partition coefficient (Wildman–Crippen LogP) is 8.80. The quantitative estimate of drug-likeness (QED) is 0.0644. The second-order valence-electron chi connectivity index (χ2n) is 14.0. The van der Waals surface area contributed by atoms with Crippen molar-refractivity contribution in [2.75, 3.05) is 39.3 Å². The van der Waals surface area contributed by atoms with Crippen LogP contribution in [0.1, 0.15) is 82.1 Å². The molecule has 0 radical (unpaired) electrons. The van der Waals surface area contributed by atoms with Crippen LogP contribution in [0.25, 0.3) is 0 Å². The lowest BCUT2D eigenvalue weighted by molar-refractivity contribution is -0.223. The number of aliphatic hydroxyl groups excluding tert-OH is 2. The molecular formula is C41H55NO6S2. The van der Waals surface area contributed by atoms with Gasteiger partial charge < -0.3 is 29.3 Å². The van der Waals surface area contributed by atoms with E-state index in [9.17, 15) is 10.2 Å². The molecule has 2 aromatic carbocycles. The third-order valence-corrected chi connectivity index (χ3v) is 13.5. The van der Waals surface area contributed by atoms with Crippen LogP contribution in [0.2, 0.25) is 0 Å². The van der Waals surface area contributed by atoms with E-state index in [2.05, 4.69) is 49.1 Å². The van der Waals surface area contributed by atoms with Gasteiger partial charge >= 0.3 is 0 Å². The van der Waals surface area contributed by atoms with E-state index in [1.807, 2.05) is 30.0 Å². The number of benzene rings is 2. The van der Waals surface area contributed by atoms with Crippen molar-refractivity contribution >= 4 is 29.2 Å². The first-order chi connectivity index (χ1) is 24.6. The van der Waals surface area contributed by atoms with Gasteiger partial charge in [0, 0.05) is 47.0 Å². The van der Waals surface area contributed by atoms with Crippen molar-refractivity contribution in [3.63, 3.8) is 0 Å². The zero-order valence-corrected chi connectivity index (χ0v) is 31.2. The Bertz CT molecular complexity index is 1450. The highest BCUT2D eigenvalue weighted by molar-refractivity contribution is 8.00. The molecule has 2 saturated carbocycles. The number of hydrogen-bond acceptors (Lipinski definition) is 9. The predicted molar refractivity (Wildman–Crippen MR) is 204 cm³/mol. The summed E-state index contributed by atoms with van der Waals surface area (Å²) in [5, 5.41) is 24.8. The van der Waals surface area contributed by atoms with Crippen molar-refractivity contribution in [3.05, 3.63) is 78.4 Å². The fourth-order valence-electron chi connectivity index (χ4n) is 8.74. The van der Waals surface area contributed by atoms with E-state index in [1.54, 1.807) is 18.9 Å². The van der Waals surface area contributed by atoms with E-state index in [-0.39, 0.29) is 42.1 Å². The molecule has 0 bridgehead atoms. The summed E-state index contributed by atoms with van der Waals surface area (Å²) in [6, 6.07) is 16.8. The molecule has 1 aliphatic heterocycles. The number of rotatable bonds is 19. The van der Waals surface area contributed by atoms with E-state index < -0.39 is 5.79 Å². The summed E-state index contributed by atoms with van der Waals surface area (Å²) >= 11 is 3.82. The highest BCUT2D eigenvalue weighted by Crippen LogP contribution is 2.63. The van der Waals surface area contributed by atoms with Gasteiger partial charge in [-0.1, -0.05) is 61.2 Å². The molecule has 2 N–H and O–H groups in total. The number of oxime groups is 1. The molecule has 7 nitrogen and oxygen atoms in total. The van der Waals surface area contributed by atoms with Crippen molar-refractivity contribution in [3.8, 4) is 11.5 Å². The molecular weight excluding hydrogens is 667 g/mol. The largest absolute Gasteiger partial charge is 0.493 e. The lowest BCUT2D eigenvalue weighted by atomic mass is 9.56. The zero-order chi connectivity index (χ0) is 34.8. The topological polar surface area (TPSA) is 89.7 Å². The monoisotopic (exact) mass is 721 g/mol. The standard InChI is InChI=1S/C41H55NO6S2/c1-3-23-47-41-38(50-32-16-7-8-17-32)28-36(42-45-2)34-26-29(13-9-11-21-43)33(18-10-12-22-44)39(40(34)41)35-27-30(19-20-37(35)48-41)46-24-25-49-31-14-5-4-6-15-31/h3-6,14-15,19-20,26-27,29,32-33,38-40,43-44H,1,7-13,16-18,21-25,28H2,2H3. The molecule has 6 atom stereocenters. The maximum Gasteiger partial charge on any atom is 0.230 e. The van der Waals surface area contributed by atoms with Crippen LogP contribution in [0.3, 0.4) is 0 Å². The second kappa shape index (κ2) is 18.4. The van der Waals surface area contributed by atoms with Crippen molar-refractivity contribution in [2.45, 2.75) is 97.7 Å². The molecule has 50 heavy (non-hydrogen) atoms. The molecule has 0 saturated heterocycles. The molecule has 9 heteroatoms. The van der Waals surface area contributed by atoms with Crippen molar-refractivity contribution in [2.24, 2.45) is 22.9 Å². The summed E-state index contributed by atoms with van der Waals surface area (Å²) < 4.78 is 20.7. The van der Waals surface area contributed by atoms with E-state index in [0.717, 1.165) is 67.1 Å². The van der Waals surface area contributed by atoms with Gasteiger partial charge in [-0.2, -0.15) is 0 Å². The van der Waals surface area contributed by atoms with Crippen LogP contribution in [0.4, 0.5) is 0 Å². The second-order valence-corrected chi connectivity index (χ2v) is 16.7. The average Bonchev–Trinajstić information content (AvgIpc) is 3.66. The van der Waals surface area contributed by atoms with Gasteiger partial charge in [0.1, 0.15) is 18.6 Å². The minimum Gasteiger partial charge on any atom is -0.493 e. The number of aliphatic hydroxyl groups is 2. The molecule has 0 amide bonds. The van der Waals surface area contributed by atoms with Gasteiger partial charge in [-0.15, -0.1) is 30.1 Å². The van der Waals surface area contributed by atoms with Gasteiger partial charge in [0.25, 0.3) is 0 Å². The molecule has 272 valence electrons. The minimum absolute atomic E-state index is 0.0206. The molecule has 6 unspecified atom stereocenters. The Labute approximate surface area is 307 Å². The summed E-state index contributed by atoms with van der Waals surface area (Å²) in [5.41, 5.74) is 3.33. The van der Waals surface area contributed by atoms with Crippen LogP contribution >= 0.6 is 23.5 Å². The number of unbranched alkanes of at least 4 members (excludes halogenated alkanes) is 2. The van der Waals surface area contributed by atoms with Gasteiger partial charge in [0.2, 0.25) is 5.79 Å². The van der Waals surface area contributed by atoms with Gasteiger partial charge in [0.15, 0.2) is 0 Å². The van der Waals surface area contributed by atoms with E-state index in [0.29, 0.717) is 24.9 Å². The number of nitrogens with zero attached hydrogens (tertiary/aromatic N) is 1. The van der Waals surface area contributed by atoms with Gasteiger partial charge in [-0.25, -0.2) is 0 Å². The first kappa shape index (κ1) is 37.3. The third kappa shape index (κ3) is 8.44. The smallest absolute Gasteiger partial charge is 0.230 e. The fourth-order valence-corrected chi connectivity index (χ4v) is 11.3. The third-order valence-electron chi connectivity index (χ3n) is 10.8. The number of fused-ring (bicyclic) bond motifs is 2. The molecule has 0 spiro atoms. The van der Waals surface area contributed by atoms with Crippen LogP contribution in [0.5, 0.6) is 11.5 Å². The highest BCUT2D eigenvalue weighted by Gasteiger charge is 2.64. The Balaban J connectivity index is 1.43. The van der Waals surface area contributed by atoms with Gasteiger partial charge in [-0.3, -0.25) is 0 Å². The average molecular weight is 722 g/mol. The maximum absolute atomic E-state index is 9.83. The highest BCUT2D eigenvalue weighted by atomic mass is 32.2. The summed E-state index contributed by atoms with van der Waals surface area (Å²) in [6.45, 7) is 5.41. The van der Waals surface area contributed by atoms with E-state index >= 15 is 0 Å². The summed E-state index contributed by atoms with van der Waals surface area (Å²) in [6.07, 6.45) is 15.3. The van der Waals surface area contributed by atoms with Crippen LogP contribution in [-0.4, -0.2) is 71.5 Å². The minimum atomic E-state index is -0.905. The van der Waals surface area contributed by atoms with E-state index in [1.165, 1.54) is 36.2 Å². The fraction of sp³-hybridized carbons (Fsp3) is 0.585. The van der Waals surface area contributed by atoms with Crippen LogP contribution in [0.15, 0.2) is 82.9 Å². The first-order valence-corrected chi connectivity index (χ1v) is 20.6. The van der Waals surface area contributed by atoms with Crippen LogP contribution < -0.4 is 9.47 Å². The first-order valence-electron chi connectivity index (χ1n) is 18.7. The molecule has 0 aromatic heterocycles. The Morgan fingerprint density at radius 1 is 1.02 bits per heavy atom. The van der Waals surface area contributed by atoms with Gasteiger partial charge in [-0.05, 0) is 86.3 Å². The Morgan fingerprint density at radius 3 is 2.54 bits per heavy atom. The molecule has 4 aliphatic rings. The lowest BCUT2D eigenvalue weighted by Gasteiger charge is -2.58. The Hall–Kier alpha value is -2.43. The number of thioether (sulfide) groups is 2. The molecule has 6 rings (SSSR count). The van der Waals surface area contributed by atoms with Crippen molar-refractivity contribution in [1.82, 2.24) is 0 Å². The van der Waals surface area contributed by atoms with Crippen molar-refractivity contribution in [1.29, 1.82) is 0 Å². The Morgan fingerprint density at radius 2 is 1.80 bits per heavy atom. The normalized spacial score (nSPS) is 28.0. The summed E-state index contributed by atoms with van der Waals surface area (Å²) in [7, 11) is 1.64.